The van der Waals surface area contributed by atoms with Crippen LogP contribution in [0.2, 0.25) is 0 Å². The first-order valence-corrected chi connectivity index (χ1v) is 19.3. The number of rotatable bonds is 11. The van der Waals surface area contributed by atoms with Gasteiger partial charge in [-0.25, -0.2) is 0 Å². The van der Waals surface area contributed by atoms with Crippen LogP contribution in [-0.4, -0.2) is 78.1 Å². The summed E-state index contributed by atoms with van der Waals surface area (Å²) in [6, 6.07) is 8.47. The molecule has 8 N–H and O–H groups in total. The van der Waals surface area contributed by atoms with Gasteiger partial charge < -0.3 is 55.7 Å². The summed E-state index contributed by atoms with van der Waals surface area (Å²) in [5.41, 5.74) is 7.96. The van der Waals surface area contributed by atoms with E-state index in [1.54, 1.807) is 24.3 Å². The van der Waals surface area contributed by atoms with Crippen molar-refractivity contribution in [1.29, 1.82) is 0 Å². The van der Waals surface area contributed by atoms with Gasteiger partial charge in [0.15, 0.2) is 23.0 Å². The minimum absolute atomic E-state index is 0.0786. The van der Waals surface area contributed by atoms with Crippen molar-refractivity contribution in [2.75, 3.05) is 27.4 Å². The van der Waals surface area contributed by atoms with Crippen molar-refractivity contribution in [2.24, 2.45) is 28.4 Å². The lowest BCUT2D eigenvalue weighted by atomic mass is 9.46. The Morgan fingerprint density at radius 3 is 2.52 bits per heavy atom. The van der Waals surface area contributed by atoms with Gasteiger partial charge in [0.1, 0.15) is 6.61 Å². The quantitative estimate of drug-likeness (QED) is 0.149. The van der Waals surface area contributed by atoms with Crippen LogP contribution in [0.4, 0.5) is 0 Å². The highest BCUT2D eigenvalue weighted by atomic mass is 16.5. The topological polar surface area (TPSA) is 185 Å². The molecule has 12 nitrogen and oxygen atoms in total. The summed E-state index contributed by atoms with van der Waals surface area (Å²) in [4.78, 5) is 13.3. The number of methoxy groups -OCH3 is 2. The predicted octanol–water partition coefficient (Wildman–Crippen LogP) is 5.22. The number of hydrogen-bond acceptors (Lipinski definition) is 11. The van der Waals surface area contributed by atoms with Gasteiger partial charge in [-0.15, -0.1) is 0 Å². The Kier molecular flexibility index (Phi) is 10.8. The summed E-state index contributed by atoms with van der Waals surface area (Å²) in [7, 11) is 3.00. The van der Waals surface area contributed by atoms with Crippen LogP contribution in [0.25, 0.3) is 0 Å². The Balaban J connectivity index is 1.18. The number of hydrogen-bond donors (Lipinski definition) is 7. The fourth-order valence-electron chi connectivity index (χ4n) is 10.7. The molecule has 2 aromatic carbocycles. The number of allylic oxidation sites excluding steroid dienone is 3. The molecule has 0 amide bonds. The molecule has 0 unspecified atom stereocenters. The van der Waals surface area contributed by atoms with Gasteiger partial charge in [0.2, 0.25) is 5.75 Å². The molecule has 3 aliphatic heterocycles. The van der Waals surface area contributed by atoms with Crippen molar-refractivity contribution in [3.63, 3.8) is 0 Å². The molecule has 8 atom stereocenters. The van der Waals surface area contributed by atoms with Crippen LogP contribution in [0.3, 0.4) is 0 Å². The van der Waals surface area contributed by atoms with E-state index in [-0.39, 0.29) is 53.1 Å². The molecule has 2 saturated heterocycles. The molecule has 1 saturated carbocycles. The van der Waals surface area contributed by atoms with E-state index in [1.807, 2.05) is 18.2 Å². The van der Waals surface area contributed by atoms with Crippen molar-refractivity contribution in [3.8, 4) is 28.7 Å². The van der Waals surface area contributed by atoms with Crippen molar-refractivity contribution in [1.82, 2.24) is 10.6 Å². The molecular weight excluding hydrogens is 690 g/mol. The number of carboxylic acids is 1. The number of dihydropyridines is 1. The number of nitrogens with two attached hydrogens (primary N) is 1. The maximum absolute atomic E-state index is 13.3. The summed E-state index contributed by atoms with van der Waals surface area (Å²) in [6.07, 6.45) is 13.6. The van der Waals surface area contributed by atoms with E-state index in [0.717, 1.165) is 43.2 Å². The number of nitrogens with one attached hydrogen (secondary N) is 2. The summed E-state index contributed by atoms with van der Waals surface area (Å²) >= 11 is 0. The van der Waals surface area contributed by atoms with Crippen LogP contribution in [0.15, 0.2) is 66.0 Å². The fraction of sp³-hybridized carbons (Fsp3) is 0.548. The van der Waals surface area contributed by atoms with E-state index in [2.05, 4.69) is 29.7 Å². The molecule has 54 heavy (non-hydrogen) atoms. The van der Waals surface area contributed by atoms with Crippen LogP contribution in [-0.2, 0) is 16.0 Å². The molecule has 2 aromatic rings. The van der Waals surface area contributed by atoms with Crippen molar-refractivity contribution >= 4 is 5.97 Å². The number of aliphatic carboxylic acids is 1. The van der Waals surface area contributed by atoms with Gasteiger partial charge in [0.05, 0.1) is 44.3 Å². The highest BCUT2D eigenvalue weighted by molar-refractivity contribution is 5.75. The third-order valence-corrected chi connectivity index (χ3v) is 12.8. The second-order valence-corrected chi connectivity index (χ2v) is 15.9. The number of ether oxygens (including phenoxy) is 4. The van der Waals surface area contributed by atoms with Crippen LogP contribution < -0.4 is 30.6 Å². The zero-order valence-corrected chi connectivity index (χ0v) is 31.4. The van der Waals surface area contributed by atoms with E-state index < -0.39 is 35.6 Å². The Bertz CT molecular complexity index is 1800. The first-order chi connectivity index (χ1) is 26.0. The number of carbonyl (C=O) groups is 1. The average molecular weight is 746 g/mol. The third-order valence-electron chi connectivity index (χ3n) is 12.8. The number of aliphatic hydroxyl groups is 1. The average Bonchev–Trinajstić information content (AvgIpc) is 3.79. The smallest absolute Gasteiger partial charge is 0.311 e. The SMILES string of the molecule is COc1cc(CC[C@H]2C[C@H](O)C[C@@H](c3cc(OC)c(O)c(OC[C@H]4N[C@@H](C)CC5(CCCC5)[C@@]45[C@@H](C4=CCNC(N)=C4)C=C[C@H]5C(=O)O)c3)O2)ccc1O. The molecule has 0 aromatic heterocycles. The maximum atomic E-state index is 13.3. The number of phenols is 2. The second kappa shape index (κ2) is 15.4. The standard InChI is InChI=1S/C42H55N3O9/c1-24-22-41(13-4-5-14-41)42(30(9-10-31(42)40(49)50)26-12-15-44-38(43)19-26)37(45-24)23-53-36-18-27(17-35(52-3)39(36)48)33-21-28(46)20-29(54-33)8-6-25-7-11-32(47)34(16-25)51-2/h7,9-12,16-19,24,28-31,33,37,44-48H,4-6,8,13-15,20-23,43H2,1-3H3,(H,49,50)/t24-,28-,29-,30+,31-,33-,37+,42+/m0/s1. The van der Waals surface area contributed by atoms with Crippen molar-refractivity contribution < 1.29 is 44.2 Å². The third kappa shape index (κ3) is 6.88. The molecule has 292 valence electrons. The van der Waals surface area contributed by atoms with Gasteiger partial charge in [0, 0.05) is 36.4 Å². The van der Waals surface area contributed by atoms with Crippen LogP contribution >= 0.6 is 0 Å². The molecular formula is C42H55N3O9. The van der Waals surface area contributed by atoms with Crippen molar-refractivity contribution in [3.05, 3.63) is 77.2 Å². The van der Waals surface area contributed by atoms with Gasteiger partial charge in [-0.3, -0.25) is 4.79 Å². The second-order valence-electron chi connectivity index (χ2n) is 15.9. The Hall–Kier alpha value is -4.39. The zero-order chi connectivity index (χ0) is 38.2. The van der Waals surface area contributed by atoms with Gasteiger partial charge in [-0.05, 0) is 97.9 Å². The predicted molar refractivity (Wildman–Crippen MR) is 202 cm³/mol. The van der Waals surface area contributed by atoms with E-state index in [1.165, 1.54) is 14.2 Å². The number of aromatic hydroxyl groups is 2. The number of fused-ring (bicyclic) bond motifs is 1. The fourth-order valence-corrected chi connectivity index (χ4v) is 10.7. The van der Waals surface area contributed by atoms with Crippen molar-refractivity contribution in [2.45, 2.75) is 95.1 Å². The lowest BCUT2D eigenvalue weighted by Gasteiger charge is -2.61. The van der Waals surface area contributed by atoms with Crippen LogP contribution in [0.1, 0.15) is 75.5 Å². The summed E-state index contributed by atoms with van der Waals surface area (Å²) in [5, 5.41) is 50.3. The highest BCUT2D eigenvalue weighted by Gasteiger charge is 2.68. The van der Waals surface area contributed by atoms with Gasteiger partial charge in [0.25, 0.3) is 0 Å². The van der Waals surface area contributed by atoms with Crippen LogP contribution in [0, 0.1) is 22.7 Å². The summed E-state index contributed by atoms with van der Waals surface area (Å²) in [6.45, 7) is 2.83. The molecule has 0 radical (unpaired) electrons. The normalized spacial score (nSPS) is 31.5. The molecule has 3 fully saturated rings. The largest absolute Gasteiger partial charge is 0.504 e. The van der Waals surface area contributed by atoms with Crippen LogP contribution in [0.5, 0.6) is 28.7 Å². The molecule has 7 rings (SSSR count). The number of carboxylic acid groups (broad SMARTS) is 1. The highest BCUT2D eigenvalue weighted by Crippen LogP contribution is 2.68. The van der Waals surface area contributed by atoms with Gasteiger partial charge in [-0.1, -0.05) is 37.1 Å². The lowest BCUT2D eigenvalue weighted by molar-refractivity contribution is -0.160. The number of aryl methyl sites for hydroxylation is 1. The number of phenolic OH excluding ortho intramolecular Hbond substituents is 2. The van der Waals surface area contributed by atoms with E-state index in [0.29, 0.717) is 49.4 Å². The Morgan fingerprint density at radius 2 is 1.80 bits per heavy atom. The molecule has 3 heterocycles. The lowest BCUT2D eigenvalue weighted by Crippen LogP contribution is -2.69. The number of aliphatic hydroxyl groups excluding tert-OH is 1. The first-order valence-electron chi connectivity index (χ1n) is 19.3. The van der Waals surface area contributed by atoms with Gasteiger partial charge >= 0.3 is 5.97 Å². The monoisotopic (exact) mass is 745 g/mol. The van der Waals surface area contributed by atoms with E-state index in [9.17, 15) is 25.2 Å². The number of benzene rings is 2. The minimum atomic E-state index is -0.855. The molecule has 2 spiro atoms. The molecule has 0 bridgehead atoms. The molecule has 12 heteroatoms. The Labute approximate surface area is 317 Å². The minimum Gasteiger partial charge on any atom is -0.504 e. The summed E-state index contributed by atoms with van der Waals surface area (Å²) < 4.78 is 24.1. The number of piperidine rings is 1. The Morgan fingerprint density at radius 1 is 1.04 bits per heavy atom. The first kappa shape index (κ1) is 37.9. The van der Waals surface area contributed by atoms with E-state index >= 15 is 0 Å². The molecule has 2 aliphatic carbocycles. The maximum Gasteiger partial charge on any atom is 0.311 e. The van der Waals surface area contributed by atoms with E-state index in [4.69, 9.17) is 24.7 Å². The molecule has 5 aliphatic rings. The van der Waals surface area contributed by atoms with Gasteiger partial charge in [-0.2, -0.15) is 0 Å². The summed E-state index contributed by atoms with van der Waals surface area (Å²) in [5.74, 6) is -0.511. The zero-order valence-electron chi connectivity index (χ0n) is 31.4.